The molecule has 3 aromatic carbocycles. The van der Waals surface area contributed by atoms with E-state index in [4.69, 9.17) is 11.6 Å². The first-order valence-electron chi connectivity index (χ1n) is 8.88. The lowest BCUT2D eigenvalue weighted by Gasteiger charge is -2.11. The second-order valence-corrected chi connectivity index (χ2v) is 8.21. The highest BCUT2D eigenvalue weighted by Crippen LogP contribution is 2.21. The maximum atomic E-state index is 12.6. The number of hydrazone groups is 1. The molecule has 0 atom stereocenters. The summed E-state index contributed by atoms with van der Waals surface area (Å²) in [5.41, 5.74) is 3.66. The standard InChI is InChI=1S/C22H18ClN3O3S/c23-18-12-14-19(15-13-18)30(28,29)26-21-11-5-4-10-20(21)22(27)25-24-16-6-9-17-7-2-1-3-8-17/h1-16,26H,(H,25,27). The van der Waals surface area contributed by atoms with Crippen LogP contribution in [0.4, 0.5) is 5.69 Å². The highest BCUT2D eigenvalue weighted by atomic mass is 35.5. The van der Waals surface area contributed by atoms with Crippen LogP contribution in [-0.2, 0) is 10.0 Å². The van der Waals surface area contributed by atoms with Crippen LogP contribution < -0.4 is 10.1 Å². The average Bonchev–Trinajstić information content (AvgIpc) is 2.74. The van der Waals surface area contributed by atoms with Crippen LogP contribution in [-0.4, -0.2) is 20.5 Å². The quantitative estimate of drug-likeness (QED) is 0.417. The van der Waals surface area contributed by atoms with Gasteiger partial charge in [-0.15, -0.1) is 0 Å². The molecule has 0 aliphatic carbocycles. The summed E-state index contributed by atoms with van der Waals surface area (Å²) in [5.74, 6) is -0.547. The second-order valence-electron chi connectivity index (χ2n) is 6.09. The molecule has 0 spiro atoms. The number of carbonyl (C=O) groups is 1. The van der Waals surface area contributed by atoms with Crippen LogP contribution in [0.3, 0.4) is 0 Å². The molecule has 3 rings (SSSR count). The number of amides is 1. The summed E-state index contributed by atoms with van der Waals surface area (Å²) in [5, 5.41) is 4.29. The molecule has 0 radical (unpaired) electrons. The number of para-hydroxylation sites is 1. The summed E-state index contributed by atoms with van der Waals surface area (Å²) in [6.45, 7) is 0. The van der Waals surface area contributed by atoms with Gasteiger partial charge in [-0.25, -0.2) is 13.8 Å². The number of allylic oxidation sites excluding steroid dienone is 1. The molecular weight excluding hydrogens is 422 g/mol. The van der Waals surface area contributed by atoms with Crippen LogP contribution in [0.1, 0.15) is 15.9 Å². The zero-order valence-electron chi connectivity index (χ0n) is 15.7. The van der Waals surface area contributed by atoms with Crippen LogP contribution >= 0.6 is 11.6 Å². The number of sulfonamides is 1. The lowest BCUT2D eigenvalue weighted by molar-refractivity contribution is 0.0956. The van der Waals surface area contributed by atoms with Crippen molar-refractivity contribution >= 4 is 45.5 Å². The SMILES string of the molecule is O=C(NN=CC=Cc1ccccc1)c1ccccc1NS(=O)(=O)c1ccc(Cl)cc1. The fraction of sp³-hybridized carbons (Fsp3) is 0. The Kier molecular flexibility index (Phi) is 7.00. The van der Waals surface area contributed by atoms with Gasteiger partial charge in [-0.2, -0.15) is 5.10 Å². The Morgan fingerprint density at radius 1 is 0.900 bits per heavy atom. The third kappa shape index (κ3) is 5.79. The number of nitrogens with one attached hydrogen (secondary N) is 2. The van der Waals surface area contributed by atoms with Gasteiger partial charge in [-0.1, -0.05) is 60.1 Å². The monoisotopic (exact) mass is 439 g/mol. The van der Waals surface area contributed by atoms with Gasteiger partial charge >= 0.3 is 0 Å². The van der Waals surface area contributed by atoms with Crippen molar-refractivity contribution in [1.29, 1.82) is 0 Å². The molecule has 0 heterocycles. The Morgan fingerprint density at radius 2 is 1.57 bits per heavy atom. The van der Waals surface area contributed by atoms with E-state index in [0.717, 1.165) is 5.56 Å². The second kappa shape index (κ2) is 9.87. The van der Waals surface area contributed by atoms with Crippen LogP contribution in [0.15, 0.2) is 94.9 Å². The maximum Gasteiger partial charge on any atom is 0.273 e. The van der Waals surface area contributed by atoms with E-state index in [1.54, 1.807) is 18.2 Å². The molecule has 8 heteroatoms. The summed E-state index contributed by atoms with van der Waals surface area (Å²) < 4.78 is 27.6. The molecule has 152 valence electrons. The van der Waals surface area contributed by atoms with Crippen molar-refractivity contribution in [3.63, 3.8) is 0 Å². The smallest absolute Gasteiger partial charge is 0.273 e. The van der Waals surface area contributed by atoms with Gasteiger partial charge in [0, 0.05) is 11.2 Å². The zero-order chi connectivity index (χ0) is 21.4. The predicted octanol–water partition coefficient (Wildman–Crippen LogP) is 4.57. The number of rotatable bonds is 7. The molecule has 6 nitrogen and oxygen atoms in total. The molecular formula is C22H18ClN3O3S. The summed E-state index contributed by atoms with van der Waals surface area (Å²) in [6.07, 6.45) is 4.96. The van der Waals surface area contributed by atoms with Crippen molar-refractivity contribution < 1.29 is 13.2 Å². The van der Waals surface area contributed by atoms with E-state index in [9.17, 15) is 13.2 Å². The number of anilines is 1. The van der Waals surface area contributed by atoms with Crippen LogP contribution in [0, 0.1) is 0 Å². The predicted molar refractivity (Wildman–Crippen MR) is 120 cm³/mol. The van der Waals surface area contributed by atoms with Crippen LogP contribution in [0.25, 0.3) is 6.08 Å². The summed E-state index contributed by atoms with van der Waals surface area (Å²) >= 11 is 5.81. The minimum Gasteiger partial charge on any atom is -0.279 e. The lowest BCUT2D eigenvalue weighted by atomic mass is 10.2. The van der Waals surface area contributed by atoms with Crippen molar-refractivity contribution in [2.24, 2.45) is 5.10 Å². The molecule has 0 fully saturated rings. The van der Waals surface area contributed by atoms with Crippen LogP contribution in [0.5, 0.6) is 0 Å². The zero-order valence-corrected chi connectivity index (χ0v) is 17.3. The summed E-state index contributed by atoms with van der Waals surface area (Å²) in [7, 11) is -3.88. The summed E-state index contributed by atoms with van der Waals surface area (Å²) in [4.78, 5) is 12.5. The van der Waals surface area contributed by atoms with Gasteiger partial charge < -0.3 is 0 Å². The van der Waals surface area contributed by atoms with Gasteiger partial charge in [0.2, 0.25) is 0 Å². The van der Waals surface area contributed by atoms with E-state index in [2.05, 4.69) is 15.2 Å². The fourth-order valence-electron chi connectivity index (χ4n) is 2.50. The Morgan fingerprint density at radius 3 is 2.30 bits per heavy atom. The molecule has 3 aromatic rings. The van der Waals surface area contributed by atoms with E-state index in [0.29, 0.717) is 5.02 Å². The Hall–Kier alpha value is -3.42. The van der Waals surface area contributed by atoms with Crippen molar-refractivity contribution in [3.05, 3.63) is 101 Å². The normalized spacial score (nSPS) is 11.6. The van der Waals surface area contributed by atoms with Gasteiger partial charge in [0.1, 0.15) is 0 Å². The fourth-order valence-corrected chi connectivity index (χ4v) is 3.71. The van der Waals surface area contributed by atoms with E-state index in [-0.39, 0.29) is 16.1 Å². The molecule has 1 amide bonds. The maximum absolute atomic E-state index is 12.6. The highest BCUT2D eigenvalue weighted by Gasteiger charge is 2.18. The largest absolute Gasteiger partial charge is 0.279 e. The summed E-state index contributed by atoms with van der Waals surface area (Å²) in [6, 6.07) is 21.6. The van der Waals surface area contributed by atoms with Gasteiger partial charge in [0.05, 0.1) is 16.1 Å². The third-order valence-electron chi connectivity index (χ3n) is 3.95. The van der Waals surface area contributed by atoms with Crippen LogP contribution in [0.2, 0.25) is 5.02 Å². The highest BCUT2D eigenvalue weighted by molar-refractivity contribution is 7.92. The Balaban J connectivity index is 1.69. The minimum atomic E-state index is -3.88. The van der Waals surface area contributed by atoms with E-state index >= 15 is 0 Å². The topological polar surface area (TPSA) is 87.6 Å². The first-order chi connectivity index (χ1) is 14.5. The van der Waals surface area contributed by atoms with Gasteiger partial charge in [-0.05, 0) is 48.0 Å². The van der Waals surface area contributed by atoms with Crippen molar-refractivity contribution in [1.82, 2.24) is 5.43 Å². The first kappa shape index (κ1) is 21.3. The Labute approximate surface area is 180 Å². The number of halogens is 1. The van der Waals surface area contributed by atoms with Gasteiger partial charge in [-0.3, -0.25) is 9.52 Å². The Bertz CT molecular complexity index is 1180. The van der Waals surface area contributed by atoms with Gasteiger partial charge in [0.25, 0.3) is 15.9 Å². The molecule has 0 unspecified atom stereocenters. The lowest BCUT2D eigenvalue weighted by Crippen LogP contribution is -2.21. The molecule has 0 aliphatic rings. The number of hydrogen-bond acceptors (Lipinski definition) is 4. The molecule has 0 aliphatic heterocycles. The minimum absolute atomic E-state index is 0.0335. The molecule has 0 bridgehead atoms. The van der Waals surface area contributed by atoms with Gasteiger partial charge in [0.15, 0.2) is 0 Å². The molecule has 2 N–H and O–H groups in total. The first-order valence-corrected chi connectivity index (χ1v) is 10.7. The number of benzene rings is 3. The average molecular weight is 440 g/mol. The molecule has 0 aromatic heterocycles. The molecule has 0 saturated heterocycles. The number of nitrogens with zero attached hydrogens (tertiary/aromatic N) is 1. The van der Waals surface area contributed by atoms with Crippen molar-refractivity contribution in [2.75, 3.05) is 4.72 Å². The third-order valence-corrected chi connectivity index (χ3v) is 5.59. The number of hydrogen-bond donors (Lipinski definition) is 2. The number of carbonyl (C=O) groups excluding carboxylic acids is 1. The van der Waals surface area contributed by atoms with Crippen molar-refractivity contribution in [3.8, 4) is 0 Å². The van der Waals surface area contributed by atoms with Crippen molar-refractivity contribution in [2.45, 2.75) is 4.90 Å². The van der Waals surface area contributed by atoms with E-state index in [1.165, 1.54) is 42.6 Å². The molecule has 0 saturated carbocycles. The molecule has 30 heavy (non-hydrogen) atoms. The van der Waals surface area contributed by atoms with E-state index < -0.39 is 15.9 Å². The van der Waals surface area contributed by atoms with E-state index in [1.807, 2.05) is 36.4 Å².